The molecule has 1 aromatic rings. The molecule has 0 radical (unpaired) electrons. The van der Waals surface area contributed by atoms with Crippen molar-refractivity contribution in [3.05, 3.63) is 35.4 Å². The zero-order valence-electron chi connectivity index (χ0n) is 12.1. The van der Waals surface area contributed by atoms with Crippen molar-refractivity contribution in [2.45, 2.75) is 13.8 Å². The maximum absolute atomic E-state index is 12.2. The predicted molar refractivity (Wildman–Crippen MR) is 75.9 cm³/mol. The average Bonchev–Trinajstić information content (AvgIpc) is 2.71. The number of hydrogen-bond donors (Lipinski definition) is 1. The van der Waals surface area contributed by atoms with E-state index in [0.29, 0.717) is 24.2 Å². The number of carbonyl (C=O) groups excluding carboxylic acids is 2. The van der Waals surface area contributed by atoms with Crippen molar-refractivity contribution in [1.82, 2.24) is 9.80 Å². The molecule has 6 nitrogen and oxygen atoms in total. The van der Waals surface area contributed by atoms with Gasteiger partial charge in [0.05, 0.1) is 23.7 Å². The van der Waals surface area contributed by atoms with Crippen LogP contribution in [0.3, 0.4) is 0 Å². The number of imide groups is 1. The predicted octanol–water partition coefficient (Wildman–Crippen LogP) is 1.28. The highest BCUT2D eigenvalue weighted by atomic mass is 16.4. The fourth-order valence-corrected chi connectivity index (χ4v) is 2.32. The molecule has 1 aliphatic rings. The van der Waals surface area contributed by atoms with Crippen LogP contribution in [0.2, 0.25) is 0 Å². The molecule has 1 aliphatic heterocycles. The first-order valence-electron chi connectivity index (χ1n) is 6.86. The second-order valence-electron chi connectivity index (χ2n) is 5.13. The van der Waals surface area contributed by atoms with Crippen molar-refractivity contribution >= 4 is 17.8 Å². The molecule has 0 aliphatic carbocycles. The van der Waals surface area contributed by atoms with E-state index in [-0.39, 0.29) is 18.5 Å². The highest BCUT2D eigenvalue weighted by Gasteiger charge is 2.36. The number of benzene rings is 1. The summed E-state index contributed by atoms with van der Waals surface area (Å²) in [5, 5.41) is 8.96. The summed E-state index contributed by atoms with van der Waals surface area (Å²) in [6, 6.07) is 6.70. The maximum Gasteiger partial charge on any atom is 0.307 e. The van der Waals surface area contributed by atoms with Crippen LogP contribution in [0.1, 0.15) is 34.6 Å². The SMILES string of the molecule is CCN(CC(C)C(=O)O)CN1C(=O)c2ccccc2C1=O. The lowest BCUT2D eigenvalue weighted by molar-refractivity contribution is -0.141. The van der Waals surface area contributed by atoms with E-state index < -0.39 is 11.9 Å². The minimum absolute atomic E-state index is 0.112. The molecule has 1 heterocycles. The summed E-state index contributed by atoms with van der Waals surface area (Å²) in [7, 11) is 0. The van der Waals surface area contributed by atoms with Crippen molar-refractivity contribution in [3.8, 4) is 0 Å². The highest BCUT2D eigenvalue weighted by molar-refractivity contribution is 6.21. The van der Waals surface area contributed by atoms with Crippen LogP contribution in [0.15, 0.2) is 24.3 Å². The fourth-order valence-electron chi connectivity index (χ4n) is 2.32. The Morgan fingerprint density at radius 2 is 1.76 bits per heavy atom. The molecular weight excluding hydrogens is 272 g/mol. The third-order valence-electron chi connectivity index (χ3n) is 3.62. The Labute approximate surface area is 123 Å². The van der Waals surface area contributed by atoms with Gasteiger partial charge in [0.2, 0.25) is 0 Å². The lowest BCUT2D eigenvalue weighted by atomic mass is 10.1. The largest absolute Gasteiger partial charge is 0.481 e. The summed E-state index contributed by atoms with van der Waals surface area (Å²) in [4.78, 5) is 38.3. The van der Waals surface area contributed by atoms with Crippen molar-refractivity contribution in [2.75, 3.05) is 19.8 Å². The summed E-state index contributed by atoms with van der Waals surface area (Å²) < 4.78 is 0. The first-order valence-corrected chi connectivity index (χ1v) is 6.86. The van der Waals surface area contributed by atoms with Crippen LogP contribution >= 0.6 is 0 Å². The van der Waals surface area contributed by atoms with E-state index in [4.69, 9.17) is 5.11 Å². The summed E-state index contributed by atoms with van der Waals surface area (Å²) in [6.07, 6.45) is 0. The van der Waals surface area contributed by atoms with Crippen molar-refractivity contribution in [3.63, 3.8) is 0 Å². The molecule has 2 rings (SSSR count). The first kappa shape index (κ1) is 15.2. The Bertz CT molecular complexity index is 550. The van der Waals surface area contributed by atoms with E-state index >= 15 is 0 Å². The van der Waals surface area contributed by atoms with Gasteiger partial charge in [0.1, 0.15) is 0 Å². The van der Waals surface area contributed by atoms with Gasteiger partial charge < -0.3 is 5.11 Å². The Morgan fingerprint density at radius 1 is 1.24 bits per heavy atom. The van der Waals surface area contributed by atoms with Gasteiger partial charge in [-0.15, -0.1) is 0 Å². The number of carboxylic acid groups (broad SMARTS) is 1. The van der Waals surface area contributed by atoms with E-state index in [1.165, 1.54) is 4.90 Å². The van der Waals surface area contributed by atoms with Crippen molar-refractivity contribution in [1.29, 1.82) is 0 Å². The second kappa shape index (κ2) is 6.05. The molecule has 1 N–H and O–H groups in total. The van der Waals surface area contributed by atoms with Crippen LogP contribution in [-0.4, -0.2) is 52.4 Å². The molecule has 0 aromatic heterocycles. The van der Waals surface area contributed by atoms with Gasteiger partial charge in [0.15, 0.2) is 0 Å². The molecule has 1 aromatic carbocycles. The van der Waals surface area contributed by atoms with Crippen molar-refractivity contribution in [2.24, 2.45) is 5.92 Å². The average molecular weight is 290 g/mol. The number of nitrogens with zero attached hydrogens (tertiary/aromatic N) is 2. The molecule has 0 bridgehead atoms. The summed E-state index contributed by atoms with van der Waals surface area (Å²) in [5.74, 6) is -2.09. The Balaban J connectivity index is 2.11. The first-order chi connectivity index (χ1) is 9.95. The molecular formula is C15H18N2O4. The van der Waals surface area contributed by atoms with Gasteiger partial charge in [0.25, 0.3) is 11.8 Å². The maximum atomic E-state index is 12.2. The van der Waals surface area contributed by atoms with Crippen LogP contribution in [0, 0.1) is 5.92 Å². The normalized spacial score (nSPS) is 15.5. The molecule has 6 heteroatoms. The molecule has 0 spiro atoms. The van der Waals surface area contributed by atoms with Gasteiger partial charge in [-0.1, -0.05) is 26.0 Å². The molecule has 1 atom stereocenters. The van der Waals surface area contributed by atoms with Crippen LogP contribution in [-0.2, 0) is 4.79 Å². The minimum Gasteiger partial charge on any atom is -0.481 e. The van der Waals surface area contributed by atoms with Gasteiger partial charge in [-0.3, -0.25) is 24.2 Å². The van der Waals surface area contributed by atoms with Crippen LogP contribution in [0.4, 0.5) is 0 Å². The summed E-state index contributed by atoms with van der Waals surface area (Å²) >= 11 is 0. The summed E-state index contributed by atoms with van der Waals surface area (Å²) in [6.45, 7) is 4.44. The van der Waals surface area contributed by atoms with E-state index in [1.54, 1.807) is 36.1 Å². The van der Waals surface area contributed by atoms with Crippen LogP contribution < -0.4 is 0 Å². The monoisotopic (exact) mass is 290 g/mol. The van der Waals surface area contributed by atoms with E-state index in [2.05, 4.69) is 0 Å². The number of aliphatic carboxylic acids is 1. The molecule has 0 saturated carbocycles. The number of carboxylic acids is 1. The molecule has 1 unspecified atom stereocenters. The van der Waals surface area contributed by atoms with E-state index in [9.17, 15) is 14.4 Å². The summed E-state index contributed by atoms with van der Waals surface area (Å²) in [5.41, 5.74) is 0.815. The third kappa shape index (κ3) is 2.95. The number of amides is 2. The Kier molecular flexibility index (Phi) is 4.37. The van der Waals surface area contributed by atoms with Gasteiger partial charge in [-0.25, -0.2) is 0 Å². The third-order valence-corrected chi connectivity index (χ3v) is 3.62. The molecule has 0 saturated heterocycles. The van der Waals surface area contributed by atoms with Crippen LogP contribution in [0.25, 0.3) is 0 Å². The molecule has 0 fully saturated rings. The second-order valence-corrected chi connectivity index (χ2v) is 5.13. The number of hydrogen-bond acceptors (Lipinski definition) is 4. The molecule has 21 heavy (non-hydrogen) atoms. The highest BCUT2D eigenvalue weighted by Crippen LogP contribution is 2.22. The minimum atomic E-state index is -0.893. The number of carbonyl (C=O) groups is 3. The zero-order chi connectivity index (χ0) is 15.6. The standard InChI is InChI=1S/C15H18N2O4/c1-3-16(8-10(2)15(20)21)9-17-13(18)11-6-4-5-7-12(11)14(17)19/h4-7,10H,3,8-9H2,1-2H3,(H,20,21). The number of rotatable bonds is 6. The van der Waals surface area contributed by atoms with Crippen molar-refractivity contribution < 1.29 is 19.5 Å². The quantitative estimate of drug-likeness (QED) is 0.799. The Morgan fingerprint density at radius 3 is 2.19 bits per heavy atom. The molecule has 2 amide bonds. The lowest BCUT2D eigenvalue weighted by Crippen LogP contribution is -2.43. The zero-order valence-corrected chi connectivity index (χ0v) is 12.1. The van der Waals surface area contributed by atoms with E-state index in [0.717, 1.165) is 0 Å². The topological polar surface area (TPSA) is 77.9 Å². The van der Waals surface area contributed by atoms with Crippen LogP contribution in [0.5, 0.6) is 0 Å². The molecule has 112 valence electrons. The Hall–Kier alpha value is -2.21. The number of fused-ring (bicyclic) bond motifs is 1. The fraction of sp³-hybridized carbons (Fsp3) is 0.400. The van der Waals surface area contributed by atoms with Gasteiger partial charge in [-0.05, 0) is 18.7 Å². The van der Waals surface area contributed by atoms with Gasteiger partial charge in [0, 0.05) is 6.54 Å². The smallest absolute Gasteiger partial charge is 0.307 e. The van der Waals surface area contributed by atoms with E-state index in [1.807, 2.05) is 6.92 Å². The van der Waals surface area contributed by atoms with Gasteiger partial charge >= 0.3 is 5.97 Å². The van der Waals surface area contributed by atoms with Gasteiger partial charge in [-0.2, -0.15) is 0 Å². The lowest BCUT2D eigenvalue weighted by Gasteiger charge is -2.26.